The molecule has 1 rings (SSSR count). The molecule has 16 heavy (non-hydrogen) atoms. The van der Waals surface area contributed by atoms with Crippen molar-refractivity contribution in [3.8, 4) is 0 Å². The van der Waals surface area contributed by atoms with Crippen molar-refractivity contribution in [1.82, 2.24) is 5.32 Å². The van der Waals surface area contributed by atoms with Gasteiger partial charge in [-0.15, -0.1) is 0 Å². The van der Waals surface area contributed by atoms with E-state index in [1.807, 2.05) is 32.9 Å². The van der Waals surface area contributed by atoms with Gasteiger partial charge in [0.15, 0.2) is 0 Å². The first-order valence-electron chi connectivity index (χ1n) is 5.02. The molecule has 0 aromatic heterocycles. The number of carbonyl (C=O) groups excluding carboxylic acids is 2. The Labute approximate surface area is 94.8 Å². The molecule has 3 amide bonds. The lowest BCUT2D eigenvalue weighted by Crippen LogP contribution is -2.36. The number of urea groups is 1. The summed E-state index contributed by atoms with van der Waals surface area (Å²) in [6, 6.07) is 6.33. The SMILES string of the molecule is CC(C)(C)c1ccccc1C(=O)NC(N)=O. The number of primary amides is 1. The molecule has 0 saturated carbocycles. The average Bonchev–Trinajstić information content (AvgIpc) is 2.15. The van der Waals surface area contributed by atoms with Crippen molar-refractivity contribution in [2.24, 2.45) is 5.73 Å². The summed E-state index contributed by atoms with van der Waals surface area (Å²) in [6.07, 6.45) is 0. The standard InChI is InChI=1S/C12H16N2O2/c1-12(2,3)9-7-5-4-6-8(9)10(15)14-11(13)16/h4-7H,1-3H3,(H3,13,14,15,16). The van der Waals surface area contributed by atoms with Gasteiger partial charge in [0.1, 0.15) is 0 Å². The third kappa shape index (κ3) is 2.82. The molecule has 4 heteroatoms. The van der Waals surface area contributed by atoms with Crippen LogP contribution < -0.4 is 11.1 Å². The van der Waals surface area contributed by atoms with E-state index in [1.165, 1.54) is 0 Å². The van der Waals surface area contributed by atoms with Gasteiger partial charge < -0.3 is 5.73 Å². The van der Waals surface area contributed by atoms with Crippen LogP contribution in [0.2, 0.25) is 0 Å². The van der Waals surface area contributed by atoms with Gasteiger partial charge in [0.25, 0.3) is 5.91 Å². The number of rotatable bonds is 1. The second-order valence-electron chi connectivity index (χ2n) is 4.61. The van der Waals surface area contributed by atoms with Crippen LogP contribution >= 0.6 is 0 Å². The molecule has 86 valence electrons. The van der Waals surface area contributed by atoms with E-state index in [0.29, 0.717) is 5.56 Å². The molecule has 0 aliphatic carbocycles. The minimum Gasteiger partial charge on any atom is -0.351 e. The first-order chi connectivity index (χ1) is 7.32. The molecule has 4 nitrogen and oxygen atoms in total. The number of nitrogens with two attached hydrogens (primary N) is 1. The van der Waals surface area contributed by atoms with Crippen LogP contribution in [0.25, 0.3) is 0 Å². The van der Waals surface area contributed by atoms with Gasteiger partial charge in [-0.2, -0.15) is 0 Å². The molecule has 3 N–H and O–H groups in total. The van der Waals surface area contributed by atoms with Gasteiger partial charge in [-0.3, -0.25) is 10.1 Å². The Morgan fingerprint density at radius 3 is 2.25 bits per heavy atom. The van der Waals surface area contributed by atoms with Crippen molar-refractivity contribution in [2.75, 3.05) is 0 Å². The van der Waals surface area contributed by atoms with Gasteiger partial charge >= 0.3 is 6.03 Å². The molecule has 0 spiro atoms. The summed E-state index contributed by atoms with van der Waals surface area (Å²) in [5.41, 5.74) is 6.12. The number of benzene rings is 1. The lowest BCUT2D eigenvalue weighted by atomic mass is 9.83. The van der Waals surface area contributed by atoms with Crippen LogP contribution in [0.15, 0.2) is 24.3 Å². The number of amides is 3. The summed E-state index contributed by atoms with van der Waals surface area (Å²) in [6.45, 7) is 6.01. The van der Waals surface area contributed by atoms with Gasteiger partial charge in [0, 0.05) is 5.56 Å². The summed E-state index contributed by atoms with van der Waals surface area (Å²) in [5, 5.41) is 2.07. The molecule has 0 heterocycles. The first kappa shape index (κ1) is 12.2. The lowest BCUT2D eigenvalue weighted by Gasteiger charge is -2.21. The fraction of sp³-hybridized carbons (Fsp3) is 0.333. The van der Waals surface area contributed by atoms with Crippen molar-refractivity contribution < 1.29 is 9.59 Å². The summed E-state index contributed by atoms with van der Waals surface area (Å²) in [7, 11) is 0. The quantitative estimate of drug-likeness (QED) is 0.757. The van der Waals surface area contributed by atoms with E-state index in [0.717, 1.165) is 5.56 Å². The summed E-state index contributed by atoms with van der Waals surface area (Å²) in [5.74, 6) is -0.460. The Morgan fingerprint density at radius 2 is 1.75 bits per heavy atom. The van der Waals surface area contributed by atoms with Crippen LogP contribution in [-0.2, 0) is 5.41 Å². The van der Waals surface area contributed by atoms with Gasteiger partial charge in [0.2, 0.25) is 0 Å². The highest BCUT2D eigenvalue weighted by molar-refractivity contribution is 6.04. The third-order valence-electron chi connectivity index (χ3n) is 2.22. The molecular formula is C12H16N2O2. The highest BCUT2D eigenvalue weighted by Gasteiger charge is 2.21. The van der Waals surface area contributed by atoms with Crippen LogP contribution in [-0.4, -0.2) is 11.9 Å². The molecule has 1 aromatic rings. The molecule has 0 saturated heterocycles. The summed E-state index contributed by atoms with van der Waals surface area (Å²) >= 11 is 0. The van der Waals surface area contributed by atoms with Gasteiger partial charge in [0.05, 0.1) is 0 Å². The first-order valence-corrected chi connectivity index (χ1v) is 5.02. The van der Waals surface area contributed by atoms with Crippen LogP contribution in [0, 0.1) is 0 Å². The van der Waals surface area contributed by atoms with E-state index in [1.54, 1.807) is 12.1 Å². The Morgan fingerprint density at radius 1 is 1.19 bits per heavy atom. The van der Waals surface area contributed by atoms with Crippen molar-refractivity contribution in [2.45, 2.75) is 26.2 Å². The molecule has 0 aliphatic rings. The van der Waals surface area contributed by atoms with E-state index in [-0.39, 0.29) is 5.41 Å². The third-order valence-corrected chi connectivity index (χ3v) is 2.22. The van der Waals surface area contributed by atoms with Crippen molar-refractivity contribution in [3.63, 3.8) is 0 Å². The monoisotopic (exact) mass is 220 g/mol. The maximum absolute atomic E-state index is 11.7. The largest absolute Gasteiger partial charge is 0.351 e. The highest BCUT2D eigenvalue weighted by Crippen LogP contribution is 2.25. The summed E-state index contributed by atoms with van der Waals surface area (Å²) < 4.78 is 0. The van der Waals surface area contributed by atoms with E-state index in [4.69, 9.17) is 5.73 Å². The van der Waals surface area contributed by atoms with Crippen LogP contribution in [0.3, 0.4) is 0 Å². The molecule has 0 atom stereocenters. The second-order valence-corrected chi connectivity index (χ2v) is 4.61. The number of hydrogen-bond acceptors (Lipinski definition) is 2. The van der Waals surface area contributed by atoms with Gasteiger partial charge in [-0.05, 0) is 17.0 Å². The molecular weight excluding hydrogens is 204 g/mol. The fourth-order valence-electron chi connectivity index (χ4n) is 1.51. The Balaban J connectivity index is 3.14. The zero-order valence-corrected chi connectivity index (χ0v) is 9.70. The fourth-order valence-corrected chi connectivity index (χ4v) is 1.51. The van der Waals surface area contributed by atoms with E-state index >= 15 is 0 Å². The Hall–Kier alpha value is -1.84. The number of carbonyl (C=O) groups is 2. The zero-order chi connectivity index (χ0) is 12.3. The maximum atomic E-state index is 11.7. The molecule has 0 bridgehead atoms. The van der Waals surface area contributed by atoms with E-state index in [9.17, 15) is 9.59 Å². The maximum Gasteiger partial charge on any atom is 0.319 e. The van der Waals surface area contributed by atoms with Crippen LogP contribution in [0.4, 0.5) is 4.79 Å². The lowest BCUT2D eigenvalue weighted by molar-refractivity contribution is 0.0964. The minimum atomic E-state index is -0.839. The smallest absolute Gasteiger partial charge is 0.319 e. The van der Waals surface area contributed by atoms with Crippen molar-refractivity contribution >= 4 is 11.9 Å². The van der Waals surface area contributed by atoms with Gasteiger partial charge in [-0.1, -0.05) is 39.0 Å². The number of nitrogens with one attached hydrogen (secondary N) is 1. The molecule has 0 radical (unpaired) electrons. The molecule has 1 aromatic carbocycles. The average molecular weight is 220 g/mol. The topological polar surface area (TPSA) is 72.2 Å². The van der Waals surface area contributed by atoms with E-state index in [2.05, 4.69) is 5.32 Å². The minimum absolute atomic E-state index is 0.161. The van der Waals surface area contributed by atoms with Crippen LogP contribution in [0.1, 0.15) is 36.7 Å². The predicted octanol–water partition coefficient (Wildman–Crippen LogP) is 1.79. The van der Waals surface area contributed by atoms with Gasteiger partial charge in [-0.25, -0.2) is 4.79 Å². The predicted molar refractivity (Wildman–Crippen MR) is 62.2 cm³/mol. The number of hydrogen-bond donors (Lipinski definition) is 2. The van der Waals surface area contributed by atoms with Crippen molar-refractivity contribution in [1.29, 1.82) is 0 Å². The molecule has 0 fully saturated rings. The zero-order valence-electron chi connectivity index (χ0n) is 9.70. The van der Waals surface area contributed by atoms with E-state index < -0.39 is 11.9 Å². The normalized spacial score (nSPS) is 10.9. The second kappa shape index (κ2) is 4.35. The van der Waals surface area contributed by atoms with Crippen LogP contribution in [0.5, 0.6) is 0 Å². The van der Waals surface area contributed by atoms with Crippen molar-refractivity contribution in [3.05, 3.63) is 35.4 Å². The number of imide groups is 1. The molecule has 0 unspecified atom stereocenters. The Bertz CT molecular complexity index is 419. The Kier molecular flexibility index (Phi) is 3.32. The molecule has 0 aliphatic heterocycles. The summed E-state index contributed by atoms with van der Waals surface area (Å²) in [4.78, 5) is 22.3. The highest BCUT2D eigenvalue weighted by atomic mass is 16.2.